The summed E-state index contributed by atoms with van der Waals surface area (Å²) in [4.78, 5) is 10.7. The normalized spacial score (nSPS) is 14.4. The summed E-state index contributed by atoms with van der Waals surface area (Å²) >= 11 is 0. The van der Waals surface area contributed by atoms with Gasteiger partial charge in [0.05, 0.1) is 33.1 Å². The van der Waals surface area contributed by atoms with Crippen LogP contribution in [0.3, 0.4) is 0 Å². The first-order valence-corrected chi connectivity index (χ1v) is 19.1. The van der Waals surface area contributed by atoms with Crippen molar-refractivity contribution in [2.45, 2.75) is 13.3 Å². The highest BCUT2D eigenvalue weighted by molar-refractivity contribution is 6.13. The SMILES string of the molecule is CC1C=C(c2ccc3c4cc(-c5ccc6c(c5)c5ccccc5n6-c5ccccc5)ccc4n(-c4nc5ccccc5nc4-c4ccccc4)c3c2)C=CC1. The van der Waals surface area contributed by atoms with Crippen LogP contribution >= 0.6 is 0 Å². The van der Waals surface area contributed by atoms with Gasteiger partial charge in [-0.3, -0.25) is 4.57 Å². The molecule has 4 heteroatoms. The van der Waals surface area contributed by atoms with Crippen LogP contribution in [0.2, 0.25) is 0 Å². The molecule has 0 spiro atoms. The number of allylic oxidation sites excluding steroid dienone is 4. The fraction of sp³-hybridized carbons (Fsp3) is 0.0588. The van der Waals surface area contributed by atoms with Crippen LogP contribution in [0.25, 0.3) is 94.1 Å². The van der Waals surface area contributed by atoms with Crippen molar-refractivity contribution in [3.8, 4) is 33.9 Å². The average Bonchev–Trinajstić information content (AvgIpc) is 3.75. The van der Waals surface area contributed by atoms with Crippen molar-refractivity contribution in [2.75, 3.05) is 0 Å². The Bertz CT molecular complexity index is 3180. The van der Waals surface area contributed by atoms with Gasteiger partial charge in [0.2, 0.25) is 0 Å². The van der Waals surface area contributed by atoms with Gasteiger partial charge in [-0.1, -0.05) is 128 Å². The van der Waals surface area contributed by atoms with Crippen molar-refractivity contribution in [3.63, 3.8) is 0 Å². The van der Waals surface area contributed by atoms with Crippen LogP contribution in [-0.2, 0) is 0 Å². The summed E-state index contributed by atoms with van der Waals surface area (Å²) < 4.78 is 4.71. The maximum absolute atomic E-state index is 5.39. The van der Waals surface area contributed by atoms with Gasteiger partial charge in [0.15, 0.2) is 5.82 Å². The van der Waals surface area contributed by atoms with Crippen molar-refractivity contribution >= 4 is 60.2 Å². The Hall–Kier alpha value is -7.04. The largest absolute Gasteiger partial charge is 0.309 e. The van der Waals surface area contributed by atoms with Gasteiger partial charge in [-0.2, -0.15) is 0 Å². The zero-order valence-electron chi connectivity index (χ0n) is 30.4. The maximum atomic E-state index is 5.39. The molecule has 3 aromatic heterocycles. The van der Waals surface area contributed by atoms with Crippen molar-refractivity contribution in [3.05, 3.63) is 188 Å². The molecule has 1 unspecified atom stereocenters. The van der Waals surface area contributed by atoms with E-state index in [9.17, 15) is 0 Å². The second-order valence-corrected chi connectivity index (χ2v) is 14.7. The number of hydrogen-bond acceptors (Lipinski definition) is 2. The third-order valence-electron chi connectivity index (χ3n) is 11.2. The van der Waals surface area contributed by atoms with Gasteiger partial charge < -0.3 is 4.57 Å². The molecule has 1 aliphatic rings. The Labute approximate surface area is 319 Å². The van der Waals surface area contributed by atoms with E-state index in [1.165, 1.54) is 54.8 Å². The topological polar surface area (TPSA) is 35.6 Å². The second-order valence-electron chi connectivity index (χ2n) is 14.7. The molecular formula is C51H36N4. The lowest BCUT2D eigenvalue weighted by Crippen LogP contribution is -2.04. The smallest absolute Gasteiger partial charge is 0.165 e. The van der Waals surface area contributed by atoms with Crippen molar-refractivity contribution < 1.29 is 0 Å². The maximum Gasteiger partial charge on any atom is 0.165 e. The summed E-state index contributed by atoms with van der Waals surface area (Å²) in [5.41, 5.74) is 14.2. The predicted molar refractivity (Wildman–Crippen MR) is 230 cm³/mol. The molecule has 0 bridgehead atoms. The number of benzene rings is 7. The van der Waals surface area contributed by atoms with Crippen LogP contribution in [0.5, 0.6) is 0 Å². The molecule has 0 saturated carbocycles. The summed E-state index contributed by atoms with van der Waals surface area (Å²) in [6.07, 6.45) is 8.02. The molecule has 260 valence electrons. The monoisotopic (exact) mass is 704 g/mol. The second kappa shape index (κ2) is 12.5. The van der Waals surface area contributed by atoms with Crippen LogP contribution in [0.15, 0.2) is 182 Å². The lowest BCUT2D eigenvalue weighted by atomic mass is 9.93. The van der Waals surface area contributed by atoms with E-state index >= 15 is 0 Å². The van der Waals surface area contributed by atoms with E-state index in [1.54, 1.807) is 0 Å². The molecule has 1 aliphatic carbocycles. The van der Waals surface area contributed by atoms with E-state index in [-0.39, 0.29) is 0 Å². The minimum atomic E-state index is 0.499. The molecule has 11 rings (SSSR count). The third kappa shape index (κ3) is 5.14. The fourth-order valence-corrected chi connectivity index (χ4v) is 8.58. The van der Waals surface area contributed by atoms with Crippen LogP contribution in [-0.4, -0.2) is 19.1 Å². The van der Waals surface area contributed by atoms with Crippen LogP contribution < -0.4 is 0 Å². The Balaban J connectivity index is 1.16. The Morgan fingerprint density at radius 1 is 0.473 bits per heavy atom. The van der Waals surface area contributed by atoms with Gasteiger partial charge in [-0.05, 0) is 95.3 Å². The van der Waals surface area contributed by atoms with Gasteiger partial charge in [0.25, 0.3) is 0 Å². The molecule has 0 aliphatic heterocycles. The van der Waals surface area contributed by atoms with E-state index in [0.717, 1.165) is 51.3 Å². The highest BCUT2D eigenvalue weighted by Gasteiger charge is 2.21. The summed E-state index contributed by atoms with van der Waals surface area (Å²) in [5.74, 6) is 1.32. The summed E-state index contributed by atoms with van der Waals surface area (Å²) in [5, 5.41) is 4.86. The van der Waals surface area contributed by atoms with Gasteiger partial charge in [-0.25, -0.2) is 9.97 Å². The summed E-state index contributed by atoms with van der Waals surface area (Å²) in [6.45, 7) is 2.29. The molecule has 10 aromatic rings. The molecule has 7 aromatic carbocycles. The number of fused-ring (bicyclic) bond motifs is 7. The lowest BCUT2D eigenvalue weighted by molar-refractivity contribution is 0.740. The van der Waals surface area contributed by atoms with E-state index in [0.29, 0.717) is 5.92 Å². The first kappa shape index (κ1) is 31.5. The first-order chi connectivity index (χ1) is 27.2. The van der Waals surface area contributed by atoms with E-state index < -0.39 is 0 Å². The molecular weight excluding hydrogens is 669 g/mol. The molecule has 0 fully saturated rings. The molecule has 3 heterocycles. The number of rotatable bonds is 5. The van der Waals surface area contributed by atoms with Crippen molar-refractivity contribution in [1.82, 2.24) is 19.1 Å². The minimum Gasteiger partial charge on any atom is -0.309 e. The third-order valence-corrected chi connectivity index (χ3v) is 11.2. The van der Waals surface area contributed by atoms with Crippen molar-refractivity contribution in [1.29, 1.82) is 0 Å². The van der Waals surface area contributed by atoms with Gasteiger partial charge in [0, 0.05) is 32.8 Å². The zero-order chi connectivity index (χ0) is 36.5. The molecule has 0 N–H and O–H groups in total. The highest BCUT2D eigenvalue weighted by Crippen LogP contribution is 2.40. The average molecular weight is 705 g/mol. The quantitative estimate of drug-likeness (QED) is 0.179. The van der Waals surface area contributed by atoms with Crippen LogP contribution in [0.4, 0.5) is 0 Å². The molecule has 55 heavy (non-hydrogen) atoms. The molecule has 0 amide bonds. The molecule has 0 radical (unpaired) electrons. The number of para-hydroxylation sites is 4. The molecule has 0 saturated heterocycles. The molecule has 4 nitrogen and oxygen atoms in total. The Kier molecular flexibility index (Phi) is 7.17. The van der Waals surface area contributed by atoms with E-state index in [2.05, 4.69) is 180 Å². The van der Waals surface area contributed by atoms with Gasteiger partial charge in [-0.15, -0.1) is 0 Å². The van der Waals surface area contributed by atoms with Crippen LogP contribution in [0, 0.1) is 5.92 Å². The fourth-order valence-electron chi connectivity index (χ4n) is 8.58. The predicted octanol–water partition coefficient (Wildman–Crippen LogP) is 13.1. The standard InChI is InChI=1S/C51H36N4/c1-33-13-12-16-35(29-33)38-23-26-41-43-31-37(36-24-27-47-42(30-36)40-19-8-11-22-46(40)54(47)39-17-6-3-7-18-39)25-28-48(43)55(49(41)32-38)51-50(34-14-4-2-5-15-34)52-44-20-9-10-21-45(44)53-51/h2-12,14-33H,13H2,1H3. The number of nitrogens with zero attached hydrogens (tertiary/aromatic N) is 4. The zero-order valence-corrected chi connectivity index (χ0v) is 30.4. The highest BCUT2D eigenvalue weighted by atomic mass is 15.1. The number of aromatic nitrogens is 4. The van der Waals surface area contributed by atoms with Gasteiger partial charge in [0.1, 0.15) is 5.69 Å². The van der Waals surface area contributed by atoms with E-state index in [4.69, 9.17) is 9.97 Å². The minimum absolute atomic E-state index is 0.499. The van der Waals surface area contributed by atoms with Crippen LogP contribution in [0.1, 0.15) is 18.9 Å². The first-order valence-electron chi connectivity index (χ1n) is 19.1. The molecule has 1 atom stereocenters. The summed E-state index contributed by atoms with van der Waals surface area (Å²) in [6, 6.07) is 58.7. The number of hydrogen-bond donors (Lipinski definition) is 0. The van der Waals surface area contributed by atoms with E-state index in [1.807, 2.05) is 18.2 Å². The Morgan fingerprint density at radius 3 is 1.82 bits per heavy atom. The lowest BCUT2D eigenvalue weighted by Gasteiger charge is -2.15. The summed E-state index contributed by atoms with van der Waals surface area (Å²) in [7, 11) is 0. The Morgan fingerprint density at radius 2 is 1.07 bits per heavy atom. The van der Waals surface area contributed by atoms with Gasteiger partial charge >= 0.3 is 0 Å². The van der Waals surface area contributed by atoms with Crippen molar-refractivity contribution in [2.24, 2.45) is 5.92 Å².